The summed E-state index contributed by atoms with van der Waals surface area (Å²) in [5, 5.41) is 5.89. The molecule has 0 bridgehead atoms. The molecule has 11 heteroatoms. The molecule has 0 saturated carbocycles. The number of benzene rings is 2. The minimum Gasteiger partial charge on any atom is -0.493 e. The second kappa shape index (κ2) is 9.80. The molecule has 1 atom stereocenters. The largest absolute Gasteiger partial charge is 0.493 e. The second-order valence-electron chi connectivity index (χ2n) is 7.25. The van der Waals surface area contributed by atoms with Crippen LogP contribution in [0.2, 0.25) is 0 Å². The molecule has 0 spiro atoms. The third-order valence-electron chi connectivity index (χ3n) is 5.11. The second-order valence-corrected chi connectivity index (χ2v) is 9.63. The van der Waals surface area contributed by atoms with Crippen molar-refractivity contribution in [2.75, 3.05) is 31.4 Å². The summed E-state index contributed by atoms with van der Waals surface area (Å²) in [7, 11) is 3.08. The Morgan fingerprint density at radius 2 is 1.91 bits per heavy atom. The zero-order valence-corrected chi connectivity index (χ0v) is 21.2. The Morgan fingerprint density at radius 1 is 1.12 bits per heavy atom. The first-order valence-corrected chi connectivity index (χ1v) is 12.0. The van der Waals surface area contributed by atoms with Gasteiger partial charge in [0.2, 0.25) is 0 Å². The van der Waals surface area contributed by atoms with Gasteiger partial charge in [0.05, 0.1) is 14.2 Å². The van der Waals surface area contributed by atoms with E-state index < -0.39 is 5.82 Å². The Labute approximate surface area is 202 Å². The van der Waals surface area contributed by atoms with Crippen LogP contribution in [0.1, 0.15) is 20.4 Å². The van der Waals surface area contributed by atoms with Crippen molar-refractivity contribution in [1.29, 1.82) is 0 Å². The van der Waals surface area contributed by atoms with E-state index in [0.29, 0.717) is 47.4 Å². The Balaban J connectivity index is 1.43. The summed E-state index contributed by atoms with van der Waals surface area (Å²) in [5.41, 5.74) is 1.82. The molecule has 1 unspecified atom stereocenters. The Kier molecular flexibility index (Phi) is 6.85. The third-order valence-corrected chi connectivity index (χ3v) is 7.25. The van der Waals surface area contributed by atoms with Gasteiger partial charge in [-0.2, -0.15) is 0 Å². The molecule has 1 aliphatic rings. The molecule has 2 N–H and O–H groups in total. The first-order valence-electron chi connectivity index (χ1n) is 10.0. The maximum absolute atomic E-state index is 13.5. The third kappa shape index (κ3) is 5.12. The number of ether oxygens (including phenoxy) is 2. The Morgan fingerprint density at radius 3 is 2.67 bits per heavy atom. The van der Waals surface area contributed by atoms with E-state index in [2.05, 4.69) is 15.6 Å². The maximum Gasteiger partial charge on any atom is 0.162 e. The number of carbonyl (C=O) groups excluding carboxylic acids is 2. The van der Waals surface area contributed by atoms with Crippen LogP contribution in [0.25, 0.3) is 0 Å². The van der Waals surface area contributed by atoms with Gasteiger partial charge in [-0.15, -0.1) is 0 Å². The van der Waals surface area contributed by atoms with E-state index in [0.717, 1.165) is 14.9 Å². The molecule has 172 valence electrons. The van der Waals surface area contributed by atoms with Crippen LogP contribution in [-0.2, 0) is 13.0 Å². The number of nitrogens with one attached hydrogen (secondary N) is 2. The van der Waals surface area contributed by atoms with Gasteiger partial charge in [0.15, 0.2) is 11.5 Å². The summed E-state index contributed by atoms with van der Waals surface area (Å²) in [6.07, 6.45) is 0.542. The molecule has 1 aliphatic heterocycles. The normalized spacial score (nSPS) is 12.7. The summed E-state index contributed by atoms with van der Waals surface area (Å²) < 4.78 is 24.8. The van der Waals surface area contributed by atoms with E-state index in [9.17, 15) is 14.0 Å². The van der Waals surface area contributed by atoms with Crippen molar-refractivity contribution in [1.82, 2.24) is 9.88 Å². The molecule has 0 radical (unpaired) electrons. The molecule has 0 aliphatic carbocycles. The molecule has 4 rings (SSSR count). The van der Waals surface area contributed by atoms with Crippen molar-refractivity contribution in [3.63, 3.8) is 0 Å². The van der Waals surface area contributed by atoms with E-state index >= 15 is 0 Å². The van der Waals surface area contributed by atoms with Crippen LogP contribution in [0.15, 0.2) is 36.4 Å². The minimum atomic E-state index is -0.415. The SMILES string of the molecule is COc1ccc(NC(=O)N2CCc3nc(C(=O)Nc4cc(F)ccc4[AsH2])sc3C2)cc1OC. The molecule has 1 aromatic heterocycles. The van der Waals surface area contributed by atoms with Gasteiger partial charge in [0, 0.05) is 6.07 Å². The zero-order valence-electron chi connectivity index (χ0n) is 18.0. The summed E-state index contributed by atoms with van der Waals surface area (Å²) in [6.45, 7) is 0.823. The number of methoxy groups -OCH3 is 2. The van der Waals surface area contributed by atoms with E-state index in [1.165, 1.54) is 47.4 Å². The van der Waals surface area contributed by atoms with Gasteiger partial charge < -0.3 is 9.47 Å². The van der Waals surface area contributed by atoms with Crippen LogP contribution >= 0.6 is 11.3 Å². The van der Waals surface area contributed by atoms with E-state index in [1.54, 1.807) is 36.3 Å². The number of thiazole rings is 1. The standard InChI is InChI=1S/C22H22AsFN4O4S/c1-31-17-6-4-13(10-18(17)32-2)25-22(30)28-8-7-15-19(11-28)33-21(27-15)20(29)26-16-9-12(24)3-5-14(16)23/h3-6,9-10H,7-8,11,23H2,1-2H3,(H,25,30)(H,26,29). The van der Waals surface area contributed by atoms with Gasteiger partial charge in [0.25, 0.3) is 0 Å². The molecule has 0 saturated heterocycles. The fraction of sp³-hybridized carbons (Fsp3) is 0.227. The number of urea groups is 1. The van der Waals surface area contributed by atoms with Crippen molar-refractivity contribution in [3.8, 4) is 11.5 Å². The van der Waals surface area contributed by atoms with Gasteiger partial charge in [-0.3, -0.25) is 0 Å². The van der Waals surface area contributed by atoms with Crippen LogP contribution in [0.4, 0.5) is 20.6 Å². The predicted molar refractivity (Wildman–Crippen MR) is 127 cm³/mol. The Bertz CT molecular complexity index is 1220. The number of anilines is 2. The van der Waals surface area contributed by atoms with Gasteiger partial charge in [-0.05, 0) is 12.1 Å². The quantitative estimate of drug-likeness (QED) is 0.493. The van der Waals surface area contributed by atoms with Crippen molar-refractivity contribution in [3.05, 3.63) is 57.8 Å². The van der Waals surface area contributed by atoms with Crippen LogP contribution in [-0.4, -0.2) is 59.4 Å². The molecular formula is C22H22AsFN4O4S. The molecule has 0 fully saturated rings. The van der Waals surface area contributed by atoms with Crippen LogP contribution in [0, 0.1) is 5.82 Å². The van der Waals surface area contributed by atoms with E-state index in [4.69, 9.17) is 9.47 Å². The van der Waals surface area contributed by atoms with Crippen molar-refractivity contribution in [2.45, 2.75) is 13.0 Å². The maximum atomic E-state index is 13.5. The molecule has 3 amide bonds. The minimum absolute atomic E-state index is 0.259. The van der Waals surface area contributed by atoms with E-state index in [-0.39, 0.29) is 11.9 Å². The first kappa shape index (κ1) is 23.1. The summed E-state index contributed by atoms with van der Waals surface area (Å²) in [6, 6.07) is 9.17. The summed E-state index contributed by atoms with van der Waals surface area (Å²) >= 11 is 2.53. The number of fused-ring (bicyclic) bond motifs is 1. The fourth-order valence-electron chi connectivity index (χ4n) is 3.39. The molecule has 8 nitrogen and oxygen atoms in total. The number of aromatic nitrogens is 1. The number of hydrogen-bond acceptors (Lipinski definition) is 6. The smallest absolute Gasteiger partial charge is 0.162 e. The predicted octanol–water partition coefficient (Wildman–Crippen LogP) is 2.40. The average Bonchev–Trinajstić information content (AvgIpc) is 3.25. The zero-order chi connectivity index (χ0) is 23.5. The van der Waals surface area contributed by atoms with E-state index in [1.807, 2.05) is 0 Å². The average molecular weight is 532 g/mol. The van der Waals surface area contributed by atoms with Gasteiger partial charge in [-0.25, -0.2) is 0 Å². The van der Waals surface area contributed by atoms with Crippen molar-refractivity contribution >= 4 is 55.9 Å². The number of rotatable bonds is 5. The number of halogens is 1. The monoisotopic (exact) mass is 532 g/mol. The van der Waals surface area contributed by atoms with Gasteiger partial charge >= 0.3 is 149 Å². The topological polar surface area (TPSA) is 92.8 Å². The molecule has 2 heterocycles. The molecule has 33 heavy (non-hydrogen) atoms. The molecule has 2 aromatic carbocycles. The molecular weight excluding hydrogens is 510 g/mol. The summed E-state index contributed by atoms with van der Waals surface area (Å²) in [5.74, 6) is 0.286. The molecule has 3 aromatic rings. The van der Waals surface area contributed by atoms with Crippen LogP contribution in [0.3, 0.4) is 0 Å². The van der Waals surface area contributed by atoms with Crippen molar-refractivity contribution < 1.29 is 23.5 Å². The van der Waals surface area contributed by atoms with Crippen molar-refractivity contribution in [2.24, 2.45) is 0 Å². The first-order chi connectivity index (χ1) is 15.9. The van der Waals surface area contributed by atoms with Gasteiger partial charge in [0.1, 0.15) is 0 Å². The number of nitrogens with zero attached hydrogens (tertiary/aromatic N) is 2. The van der Waals surface area contributed by atoms with Gasteiger partial charge in [-0.1, -0.05) is 0 Å². The Hall–Kier alpha value is -3.10. The number of hydrogen-bond donors (Lipinski definition) is 2. The fourth-order valence-corrected chi connectivity index (χ4v) is 4.94. The number of amides is 3. The summed E-state index contributed by atoms with van der Waals surface area (Å²) in [4.78, 5) is 32.4. The number of carbonyl (C=O) groups is 2. The van der Waals surface area contributed by atoms with Crippen LogP contribution < -0.4 is 24.5 Å². The van der Waals surface area contributed by atoms with Crippen LogP contribution in [0.5, 0.6) is 11.5 Å².